The van der Waals surface area contributed by atoms with Gasteiger partial charge in [0.15, 0.2) is 11.5 Å². The van der Waals surface area contributed by atoms with Gasteiger partial charge in [0, 0.05) is 34.4 Å². The maximum absolute atomic E-state index is 6.11. The van der Waals surface area contributed by atoms with Gasteiger partial charge in [-0.1, -0.05) is 17.7 Å². The molecule has 1 heterocycles. The number of fused-ring (bicyclic) bond motifs is 1. The third kappa shape index (κ3) is 7.03. The van der Waals surface area contributed by atoms with Crippen molar-refractivity contribution in [3.8, 4) is 11.5 Å². The molecule has 33 heavy (non-hydrogen) atoms. The standard InChI is InChI=1S/C25H30ClN3O2.2ClH/c1-30-24-10-3-17(15-25(24)31-2)11-13-27-19-5-7-20(8-6-19)29-22-12-14-28-23-16-18(26)4-9-21(22)23;;/h3-4,9-10,12,14-16,19-20,27H,5-8,11,13H2,1-2H3,(H,28,29);2*1H/t19-,20-;;. The van der Waals surface area contributed by atoms with Crippen molar-refractivity contribution >= 4 is 53.0 Å². The Hall–Kier alpha value is -1.92. The normalized spacial score (nSPS) is 17.5. The minimum absolute atomic E-state index is 0. The second kappa shape index (κ2) is 13.1. The van der Waals surface area contributed by atoms with Gasteiger partial charge in [0.1, 0.15) is 0 Å². The number of nitrogens with one attached hydrogen (secondary N) is 2. The average Bonchev–Trinajstić information content (AvgIpc) is 2.80. The number of ether oxygens (including phenoxy) is 2. The Balaban J connectivity index is 0.00000193. The molecule has 0 spiro atoms. The molecular weight excluding hydrogens is 481 g/mol. The fraction of sp³-hybridized carbons (Fsp3) is 0.400. The fourth-order valence-electron chi connectivity index (χ4n) is 4.37. The molecule has 1 fully saturated rings. The number of halogens is 3. The van der Waals surface area contributed by atoms with Crippen molar-refractivity contribution < 1.29 is 9.47 Å². The zero-order chi connectivity index (χ0) is 21.6. The molecule has 1 aliphatic carbocycles. The first-order valence-electron chi connectivity index (χ1n) is 10.9. The molecule has 3 aromatic rings. The van der Waals surface area contributed by atoms with Crippen LogP contribution in [0.5, 0.6) is 11.5 Å². The van der Waals surface area contributed by atoms with Crippen LogP contribution in [0, 0.1) is 0 Å². The molecule has 0 unspecified atom stereocenters. The van der Waals surface area contributed by atoms with Gasteiger partial charge in [0.05, 0.1) is 19.7 Å². The Morgan fingerprint density at radius 1 is 0.909 bits per heavy atom. The first-order chi connectivity index (χ1) is 15.2. The highest BCUT2D eigenvalue weighted by atomic mass is 35.5. The van der Waals surface area contributed by atoms with Gasteiger partial charge in [-0.05, 0) is 80.6 Å². The molecule has 1 saturated carbocycles. The average molecular weight is 513 g/mol. The van der Waals surface area contributed by atoms with Crippen molar-refractivity contribution in [2.24, 2.45) is 0 Å². The van der Waals surface area contributed by atoms with Crippen LogP contribution in [0.2, 0.25) is 5.02 Å². The number of anilines is 1. The lowest BCUT2D eigenvalue weighted by Crippen LogP contribution is -2.37. The van der Waals surface area contributed by atoms with Gasteiger partial charge < -0.3 is 20.1 Å². The zero-order valence-electron chi connectivity index (χ0n) is 19.0. The van der Waals surface area contributed by atoms with Crippen LogP contribution < -0.4 is 20.1 Å². The van der Waals surface area contributed by atoms with Crippen LogP contribution >= 0.6 is 36.4 Å². The summed E-state index contributed by atoms with van der Waals surface area (Å²) in [4.78, 5) is 4.44. The van der Waals surface area contributed by atoms with Crippen molar-refractivity contribution in [3.63, 3.8) is 0 Å². The van der Waals surface area contributed by atoms with E-state index < -0.39 is 0 Å². The zero-order valence-corrected chi connectivity index (χ0v) is 21.4. The number of methoxy groups -OCH3 is 2. The smallest absolute Gasteiger partial charge is 0.160 e. The molecule has 2 aromatic carbocycles. The molecule has 4 rings (SSSR count). The molecular formula is C25H32Cl3N3O2. The van der Waals surface area contributed by atoms with E-state index in [1.165, 1.54) is 18.4 Å². The van der Waals surface area contributed by atoms with Crippen molar-refractivity contribution in [1.29, 1.82) is 0 Å². The molecule has 1 aromatic heterocycles. The summed E-state index contributed by atoms with van der Waals surface area (Å²) in [6, 6.07) is 15.2. The number of nitrogens with zero attached hydrogens (tertiary/aromatic N) is 1. The van der Waals surface area contributed by atoms with E-state index in [4.69, 9.17) is 21.1 Å². The highest BCUT2D eigenvalue weighted by Gasteiger charge is 2.21. The highest BCUT2D eigenvalue weighted by molar-refractivity contribution is 6.31. The van der Waals surface area contributed by atoms with E-state index in [1.54, 1.807) is 14.2 Å². The Kier molecular flexibility index (Phi) is 10.8. The third-order valence-electron chi connectivity index (χ3n) is 6.09. The van der Waals surface area contributed by atoms with Gasteiger partial charge in [-0.3, -0.25) is 4.98 Å². The van der Waals surface area contributed by atoms with Crippen molar-refractivity contribution in [1.82, 2.24) is 10.3 Å². The van der Waals surface area contributed by atoms with E-state index in [2.05, 4.69) is 33.8 Å². The molecule has 1 aliphatic rings. The Morgan fingerprint density at radius 2 is 1.64 bits per heavy atom. The predicted octanol–water partition coefficient (Wildman–Crippen LogP) is 6.30. The topological polar surface area (TPSA) is 55.4 Å². The first kappa shape index (κ1) is 27.3. The molecule has 2 N–H and O–H groups in total. The largest absolute Gasteiger partial charge is 0.493 e. The summed E-state index contributed by atoms with van der Waals surface area (Å²) >= 11 is 6.11. The third-order valence-corrected chi connectivity index (χ3v) is 6.32. The highest BCUT2D eigenvalue weighted by Crippen LogP contribution is 2.29. The van der Waals surface area contributed by atoms with Crippen LogP contribution in [0.15, 0.2) is 48.7 Å². The van der Waals surface area contributed by atoms with E-state index >= 15 is 0 Å². The summed E-state index contributed by atoms with van der Waals surface area (Å²) in [5.74, 6) is 1.56. The summed E-state index contributed by atoms with van der Waals surface area (Å²) in [6.45, 7) is 0.966. The van der Waals surface area contributed by atoms with E-state index in [0.717, 1.165) is 58.9 Å². The van der Waals surface area contributed by atoms with Gasteiger partial charge in [-0.2, -0.15) is 0 Å². The molecule has 0 radical (unpaired) electrons. The van der Waals surface area contributed by atoms with Crippen LogP contribution in [0.3, 0.4) is 0 Å². The number of pyridine rings is 1. The molecule has 0 amide bonds. The van der Waals surface area contributed by atoms with Gasteiger partial charge in [0.25, 0.3) is 0 Å². The van der Waals surface area contributed by atoms with Gasteiger partial charge in [-0.15, -0.1) is 24.8 Å². The van der Waals surface area contributed by atoms with Gasteiger partial charge >= 0.3 is 0 Å². The number of hydrogen-bond acceptors (Lipinski definition) is 5. The number of hydrogen-bond donors (Lipinski definition) is 2. The Morgan fingerprint density at radius 3 is 2.36 bits per heavy atom. The molecule has 0 saturated heterocycles. The van der Waals surface area contributed by atoms with E-state index in [9.17, 15) is 0 Å². The predicted molar refractivity (Wildman–Crippen MR) is 142 cm³/mol. The quantitative estimate of drug-likeness (QED) is 0.371. The van der Waals surface area contributed by atoms with Crippen LogP contribution in [-0.4, -0.2) is 37.8 Å². The van der Waals surface area contributed by atoms with Crippen LogP contribution in [-0.2, 0) is 6.42 Å². The maximum atomic E-state index is 6.11. The Labute approximate surface area is 213 Å². The molecule has 0 bridgehead atoms. The monoisotopic (exact) mass is 511 g/mol. The summed E-state index contributed by atoms with van der Waals surface area (Å²) < 4.78 is 10.7. The fourth-order valence-corrected chi connectivity index (χ4v) is 4.53. The molecule has 5 nitrogen and oxygen atoms in total. The summed E-state index contributed by atoms with van der Waals surface area (Å²) in [7, 11) is 3.34. The lowest BCUT2D eigenvalue weighted by molar-refractivity contribution is 0.352. The maximum Gasteiger partial charge on any atom is 0.160 e. The number of aromatic nitrogens is 1. The Bertz CT molecular complexity index is 1030. The second-order valence-electron chi connectivity index (χ2n) is 8.11. The first-order valence-corrected chi connectivity index (χ1v) is 11.3. The minimum atomic E-state index is 0. The van der Waals surface area contributed by atoms with Crippen LogP contribution in [0.1, 0.15) is 31.2 Å². The van der Waals surface area contributed by atoms with E-state index in [1.807, 2.05) is 30.5 Å². The van der Waals surface area contributed by atoms with E-state index in [0.29, 0.717) is 12.1 Å². The lowest BCUT2D eigenvalue weighted by Gasteiger charge is -2.30. The van der Waals surface area contributed by atoms with Crippen molar-refractivity contribution in [2.45, 2.75) is 44.2 Å². The van der Waals surface area contributed by atoms with Crippen molar-refractivity contribution in [3.05, 3.63) is 59.2 Å². The second-order valence-corrected chi connectivity index (χ2v) is 8.54. The van der Waals surface area contributed by atoms with Gasteiger partial charge in [0.2, 0.25) is 0 Å². The number of benzene rings is 2. The lowest BCUT2D eigenvalue weighted by atomic mass is 9.90. The minimum Gasteiger partial charge on any atom is -0.493 e. The summed E-state index contributed by atoms with van der Waals surface area (Å²) in [5.41, 5.74) is 3.33. The van der Waals surface area contributed by atoms with Gasteiger partial charge in [-0.25, -0.2) is 0 Å². The molecule has 0 aliphatic heterocycles. The van der Waals surface area contributed by atoms with Crippen molar-refractivity contribution in [2.75, 3.05) is 26.1 Å². The van der Waals surface area contributed by atoms with Crippen LogP contribution in [0.4, 0.5) is 5.69 Å². The molecule has 0 atom stereocenters. The summed E-state index contributed by atoms with van der Waals surface area (Å²) in [5, 5.41) is 9.31. The van der Waals surface area contributed by atoms with Crippen LogP contribution in [0.25, 0.3) is 10.9 Å². The van der Waals surface area contributed by atoms with E-state index in [-0.39, 0.29) is 24.8 Å². The number of rotatable bonds is 8. The summed E-state index contributed by atoms with van der Waals surface area (Å²) in [6.07, 6.45) is 7.50. The molecule has 180 valence electrons. The molecule has 8 heteroatoms. The SMILES string of the molecule is COc1ccc(CCN[C@H]2CC[C@H](Nc3ccnc4cc(Cl)ccc34)CC2)cc1OC.Cl.Cl.